The first-order valence-electron chi connectivity index (χ1n) is 9.62. The normalized spacial score (nSPS) is 13.3. The summed E-state index contributed by atoms with van der Waals surface area (Å²) in [6, 6.07) is 5.16. The topological polar surface area (TPSA) is 128 Å². The van der Waals surface area contributed by atoms with Crippen LogP contribution in [-0.2, 0) is 28.1 Å². The first kappa shape index (κ1) is 20.8. The van der Waals surface area contributed by atoms with Crippen molar-refractivity contribution in [3.63, 3.8) is 0 Å². The summed E-state index contributed by atoms with van der Waals surface area (Å²) >= 11 is 0. The number of carbonyl (C=O) groups is 1. The molecule has 0 aromatic carbocycles. The van der Waals surface area contributed by atoms with E-state index in [9.17, 15) is 13.2 Å². The lowest BCUT2D eigenvalue weighted by molar-refractivity contribution is -0.114. The fourth-order valence-corrected chi connectivity index (χ4v) is 4.31. The highest BCUT2D eigenvalue weighted by Gasteiger charge is 2.24. The maximum atomic E-state index is 12.4. The lowest BCUT2D eigenvalue weighted by atomic mass is 10.1. The zero-order chi connectivity index (χ0) is 22.2. The summed E-state index contributed by atoms with van der Waals surface area (Å²) in [4.78, 5) is 20.1. The van der Waals surface area contributed by atoms with Crippen molar-refractivity contribution in [2.24, 2.45) is 7.05 Å². The van der Waals surface area contributed by atoms with Crippen molar-refractivity contribution in [2.45, 2.75) is 24.8 Å². The van der Waals surface area contributed by atoms with Gasteiger partial charge < -0.3 is 15.4 Å². The molecule has 0 radical (unpaired) electrons. The highest BCUT2D eigenvalue weighted by Crippen LogP contribution is 2.35. The van der Waals surface area contributed by atoms with Gasteiger partial charge in [-0.25, -0.2) is 18.4 Å². The van der Waals surface area contributed by atoms with Crippen LogP contribution in [0.15, 0.2) is 35.6 Å². The highest BCUT2D eigenvalue weighted by molar-refractivity contribution is 7.90. The summed E-state index contributed by atoms with van der Waals surface area (Å²) in [7, 11) is -1.76. The van der Waals surface area contributed by atoms with E-state index in [-0.39, 0.29) is 10.9 Å². The number of anilines is 3. The molecule has 0 bridgehead atoms. The van der Waals surface area contributed by atoms with Gasteiger partial charge in [0.1, 0.15) is 17.4 Å². The molecule has 1 aliphatic heterocycles. The lowest BCUT2D eigenvalue weighted by Gasteiger charge is -2.21. The Labute approximate surface area is 179 Å². The van der Waals surface area contributed by atoms with E-state index in [2.05, 4.69) is 25.7 Å². The van der Waals surface area contributed by atoms with E-state index in [1.165, 1.54) is 6.92 Å². The molecule has 3 aromatic heterocycles. The monoisotopic (exact) mass is 442 g/mol. The third-order valence-electron chi connectivity index (χ3n) is 4.69. The summed E-state index contributed by atoms with van der Waals surface area (Å²) in [5, 5.41) is 10.2. The Morgan fingerprint density at radius 3 is 2.74 bits per heavy atom. The zero-order valence-electron chi connectivity index (χ0n) is 17.3. The summed E-state index contributed by atoms with van der Waals surface area (Å²) < 4.78 is 32.1. The number of sulfone groups is 1. The predicted octanol–water partition coefficient (Wildman–Crippen LogP) is 2.31. The summed E-state index contributed by atoms with van der Waals surface area (Å²) in [5.74, 6) is 0.883. The largest absolute Gasteiger partial charge is 0.493 e. The van der Waals surface area contributed by atoms with Gasteiger partial charge in [-0.05, 0) is 18.9 Å². The molecular weight excluding hydrogens is 420 g/mol. The minimum atomic E-state index is -3.56. The number of hydrogen-bond acceptors (Lipinski definition) is 8. The van der Waals surface area contributed by atoms with Crippen LogP contribution >= 0.6 is 0 Å². The smallest absolute Gasteiger partial charge is 0.222 e. The number of aryl methyl sites for hydroxylation is 1. The number of amides is 1. The Kier molecular flexibility index (Phi) is 5.36. The second-order valence-corrected chi connectivity index (χ2v) is 9.24. The van der Waals surface area contributed by atoms with Crippen LogP contribution in [0.4, 0.5) is 17.3 Å². The second-order valence-electron chi connectivity index (χ2n) is 7.31. The SMILES string of the molecule is CC(=O)Nc1cc(Nc2cc3c(c(S(C)(=O)=O)n2)CCCO3)c(-c2ccn(C)n2)cn1. The van der Waals surface area contributed by atoms with E-state index in [0.29, 0.717) is 52.9 Å². The fraction of sp³-hybridized carbons (Fsp3) is 0.300. The van der Waals surface area contributed by atoms with Gasteiger partial charge >= 0.3 is 0 Å². The maximum absolute atomic E-state index is 12.4. The van der Waals surface area contributed by atoms with E-state index in [1.54, 1.807) is 36.3 Å². The van der Waals surface area contributed by atoms with Crippen LogP contribution in [0, 0.1) is 0 Å². The van der Waals surface area contributed by atoms with Gasteiger partial charge in [-0.15, -0.1) is 0 Å². The molecule has 31 heavy (non-hydrogen) atoms. The van der Waals surface area contributed by atoms with E-state index in [1.807, 2.05) is 6.07 Å². The Hall–Kier alpha value is -3.47. The van der Waals surface area contributed by atoms with Crippen LogP contribution in [0.1, 0.15) is 18.9 Å². The highest BCUT2D eigenvalue weighted by atomic mass is 32.2. The molecule has 0 spiro atoms. The van der Waals surface area contributed by atoms with Gasteiger partial charge in [0.05, 0.1) is 18.0 Å². The predicted molar refractivity (Wildman–Crippen MR) is 115 cm³/mol. The molecule has 0 saturated heterocycles. The number of ether oxygens (including phenoxy) is 1. The maximum Gasteiger partial charge on any atom is 0.222 e. The summed E-state index contributed by atoms with van der Waals surface area (Å²) in [6.45, 7) is 1.91. The van der Waals surface area contributed by atoms with Crippen molar-refractivity contribution in [2.75, 3.05) is 23.5 Å². The Morgan fingerprint density at radius 2 is 2.06 bits per heavy atom. The molecule has 0 atom stereocenters. The number of carbonyl (C=O) groups excluding carboxylic acids is 1. The van der Waals surface area contributed by atoms with Gasteiger partial charge in [0.2, 0.25) is 5.91 Å². The Bertz CT molecular complexity index is 1270. The standard InChI is InChI=1S/C20H22N6O4S/c1-12(27)22-18-9-16(14(11-21-18)15-6-7-26(2)25-15)23-19-10-17-13(5-4-8-30-17)20(24-19)31(3,28)29/h6-7,9-11H,4-5,8H2,1-3H3,(H2,21,22,23,24,27). The minimum Gasteiger partial charge on any atom is -0.493 e. The Balaban J connectivity index is 1.81. The van der Waals surface area contributed by atoms with Crippen LogP contribution in [0.25, 0.3) is 11.3 Å². The minimum absolute atomic E-state index is 0.00252. The fourth-order valence-electron chi connectivity index (χ4n) is 3.39. The number of nitrogens with zero attached hydrogens (tertiary/aromatic N) is 4. The first-order chi connectivity index (χ1) is 14.7. The molecule has 0 unspecified atom stereocenters. The van der Waals surface area contributed by atoms with Crippen molar-refractivity contribution in [3.8, 4) is 17.0 Å². The number of fused-ring (bicyclic) bond motifs is 1. The molecule has 3 aromatic rings. The molecule has 0 fully saturated rings. The average Bonchev–Trinajstić information content (AvgIpc) is 3.12. The number of aromatic nitrogens is 4. The molecule has 0 saturated carbocycles. The second kappa shape index (κ2) is 7.99. The van der Waals surface area contributed by atoms with Crippen LogP contribution < -0.4 is 15.4 Å². The van der Waals surface area contributed by atoms with E-state index in [0.717, 1.165) is 12.7 Å². The van der Waals surface area contributed by atoms with Crippen molar-refractivity contribution >= 4 is 33.1 Å². The van der Waals surface area contributed by atoms with Gasteiger partial charge in [0, 0.05) is 55.9 Å². The molecule has 162 valence electrons. The summed E-state index contributed by atoms with van der Waals surface area (Å²) in [6.07, 6.45) is 5.84. The van der Waals surface area contributed by atoms with Crippen LogP contribution in [0.3, 0.4) is 0 Å². The number of rotatable bonds is 5. The van der Waals surface area contributed by atoms with E-state index < -0.39 is 9.84 Å². The third-order valence-corrected chi connectivity index (χ3v) is 5.73. The molecule has 0 aliphatic carbocycles. The lowest BCUT2D eigenvalue weighted by Crippen LogP contribution is -2.15. The molecule has 11 heteroatoms. The van der Waals surface area contributed by atoms with Gasteiger partial charge in [-0.1, -0.05) is 0 Å². The number of hydrogen-bond donors (Lipinski definition) is 2. The van der Waals surface area contributed by atoms with Gasteiger partial charge in [0.15, 0.2) is 14.9 Å². The van der Waals surface area contributed by atoms with Crippen LogP contribution in [0.2, 0.25) is 0 Å². The molecule has 1 amide bonds. The molecule has 1 aliphatic rings. The van der Waals surface area contributed by atoms with Crippen LogP contribution in [-0.4, -0.2) is 46.9 Å². The molecule has 4 heterocycles. The molecule has 4 rings (SSSR count). The molecule has 10 nitrogen and oxygen atoms in total. The van der Waals surface area contributed by atoms with Gasteiger partial charge in [-0.2, -0.15) is 5.10 Å². The zero-order valence-corrected chi connectivity index (χ0v) is 18.2. The van der Waals surface area contributed by atoms with Gasteiger partial charge in [0.25, 0.3) is 0 Å². The average molecular weight is 443 g/mol. The van der Waals surface area contributed by atoms with E-state index >= 15 is 0 Å². The Morgan fingerprint density at radius 1 is 1.26 bits per heavy atom. The molecule has 2 N–H and O–H groups in total. The first-order valence-corrected chi connectivity index (χ1v) is 11.5. The van der Waals surface area contributed by atoms with Gasteiger partial charge in [-0.3, -0.25) is 9.48 Å². The number of pyridine rings is 2. The van der Waals surface area contributed by atoms with Crippen molar-refractivity contribution in [1.82, 2.24) is 19.7 Å². The van der Waals surface area contributed by atoms with Crippen molar-refractivity contribution in [1.29, 1.82) is 0 Å². The van der Waals surface area contributed by atoms with Crippen molar-refractivity contribution < 1.29 is 17.9 Å². The summed E-state index contributed by atoms with van der Waals surface area (Å²) in [5.41, 5.74) is 2.47. The van der Waals surface area contributed by atoms with Crippen molar-refractivity contribution in [3.05, 3.63) is 36.2 Å². The quantitative estimate of drug-likeness (QED) is 0.616. The van der Waals surface area contributed by atoms with E-state index in [4.69, 9.17) is 4.74 Å². The number of nitrogens with one attached hydrogen (secondary N) is 2. The third kappa shape index (κ3) is 4.50. The van der Waals surface area contributed by atoms with Crippen LogP contribution in [0.5, 0.6) is 5.75 Å². The molecular formula is C20H22N6O4S.